The fraction of sp³-hybridized carbons (Fsp3) is 0. The van der Waals surface area contributed by atoms with Crippen molar-refractivity contribution in [2.45, 2.75) is 0 Å². The first-order valence-electron chi connectivity index (χ1n) is 14.5. The molecule has 0 aliphatic rings. The minimum Gasteiger partial charge on any atom is -0.308 e. The second-order valence-corrected chi connectivity index (χ2v) is 12.0. The number of para-hydroxylation sites is 2. The summed E-state index contributed by atoms with van der Waals surface area (Å²) in [5.74, 6) is 0.675. The van der Waals surface area contributed by atoms with Crippen molar-refractivity contribution in [3.63, 3.8) is 0 Å². The minimum atomic E-state index is 0.612. The first-order chi connectivity index (χ1) is 21.8. The molecule has 0 saturated heterocycles. The van der Waals surface area contributed by atoms with Gasteiger partial charge in [0.1, 0.15) is 0 Å². The number of hydrogen-bond donors (Lipinski definition) is 0. The van der Waals surface area contributed by atoms with Crippen LogP contribution < -0.4 is 0 Å². The molecular formula is C39H22N4S. The third-order valence-corrected chi connectivity index (χ3v) is 9.63. The lowest BCUT2D eigenvalue weighted by molar-refractivity contribution is 1.18. The van der Waals surface area contributed by atoms with Gasteiger partial charge in [0.15, 0.2) is 11.5 Å². The summed E-state index contributed by atoms with van der Waals surface area (Å²) in [6.07, 6.45) is 0. The van der Waals surface area contributed by atoms with Gasteiger partial charge in [-0.1, -0.05) is 91.0 Å². The summed E-state index contributed by atoms with van der Waals surface area (Å²) in [6, 6.07) is 46.2. The molecule has 6 aromatic carbocycles. The lowest BCUT2D eigenvalue weighted by Gasteiger charge is -2.11. The molecule has 3 aromatic heterocycles. The van der Waals surface area contributed by atoms with E-state index in [0.717, 1.165) is 33.4 Å². The Balaban J connectivity index is 1.23. The second-order valence-electron chi connectivity index (χ2n) is 10.9. The van der Waals surface area contributed by atoms with Crippen molar-refractivity contribution in [2.75, 3.05) is 0 Å². The highest BCUT2D eigenvalue weighted by molar-refractivity contribution is 7.26. The summed E-state index contributed by atoms with van der Waals surface area (Å²) in [7, 11) is 0. The van der Waals surface area contributed by atoms with Gasteiger partial charge in [-0.15, -0.1) is 11.3 Å². The standard InChI is InChI=1S/C39H22N4S/c1-40-26-18-14-24(15-19-26)36-32-10-2-5-11-33(32)41-39(42-36)25-16-20-27(21-17-25)43-34-12-6-3-8-28(34)30-22-23-31-29-9-4-7-13-35(29)44-38(31)37(30)43/h2-23H. The maximum Gasteiger partial charge on any atom is 0.187 e. The average molecular weight is 579 g/mol. The van der Waals surface area contributed by atoms with E-state index >= 15 is 0 Å². The smallest absolute Gasteiger partial charge is 0.187 e. The molecule has 44 heavy (non-hydrogen) atoms. The quantitative estimate of drug-likeness (QED) is 0.196. The number of aromatic nitrogens is 3. The molecule has 0 bridgehead atoms. The van der Waals surface area contributed by atoms with E-state index in [1.165, 1.54) is 42.0 Å². The molecule has 4 nitrogen and oxygen atoms in total. The Kier molecular flexibility index (Phi) is 5.40. The molecule has 0 amide bonds. The Morgan fingerprint density at radius 1 is 0.568 bits per heavy atom. The molecule has 0 aliphatic heterocycles. The van der Waals surface area contributed by atoms with Gasteiger partial charge in [0, 0.05) is 42.9 Å². The molecule has 5 heteroatoms. The fourth-order valence-corrected chi connectivity index (χ4v) is 7.62. The van der Waals surface area contributed by atoms with Gasteiger partial charge >= 0.3 is 0 Å². The molecule has 9 aromatic rings. The Hall–Kier alpha value is -5.83. The molecule has 0 spiro atoms. The number of thiophene rings is 1. The van der Waals surface area contributed by atoms with E-state index in [2.05, 4.69) is 100 Å². The molecule has 0 radical (unpaired) electrons. The lowest BCUT2D eigenvalue weighted by Crippen LogP contribution is -1.97. The van der Waals surface area contributed by atoms with Crippen LogP contribution in [0.15, 0.2) is 133 Å². The normalized spacial score (nSPS) is 11.6. The number of rotatable bonds is 3. The van der Waals surface area contributed by atoms with Crippen molar-refractivity contribution in [3.8, 4) is 28.3 Å². The van der Waals surface area contributed by atoms with Crippen LogP contribution in [0.5, 0.6) is 0 Å². The van der Waals surface area contributed by atoms with Crippen LogP contribution in [0.25, 0.3) is 86.1 Å². The lowest BCUT2D eigenvalue weighted by atomic mass is 10.1. The molecule has 0 aliphatic carbocycles. The van der Waals surface area contributed by atoms with E-state index in [1.54, 1.807) is 0 Å². The average Bonchev–Trinajstić information content (AvgIpc) is 3.64. The van der Waals surface area contributed by atoms with Gasteiger partial charge in [-0.25, -0.2) is 14.8 Å². The van der Waals surface area contributed by atoms with Crippen molar-refractivity contribution in [1.29, 1.82) is 0 Å². The SMILES string of the molecule is [C-]#[N+]c1ccc(-c2nc(-c3ccc(-n4c5ccccc5c5ccc6c7ccccc7sc6c54)cc3)nc3ccccc23)cc1. The van der Waals surface area contributed by atoms with E-state index in [9.17, 15) is 0 Å². The van der Waals surface area contributed by atoms with Crippen molar-refractivity contribution in [3.05, 3.63) is 145 Å². The van der Waals surface area contributed by atoms with Gasteiger partial charge in [0.25, 0.3) is 0 Å². The first-order valence-corrected chi connectivity index (χ1v) is 15.3. The van der Waals surface area contributed by atoms with Crippen LogP contribution in [0.1, 0.15) is 0 Å². The zero-order valence-electron chi connectivity index (χ0n) is 23.4. The summed E-state index contributed by atoms with van der Waals surface area (Å²) in [5.41, 5.74) is 7.80. The van der Waals surface area contributed by atoms with Crippen molar-refractivity contribution in [1.82, 2.24) is 14.5 Å². The Morgan fingerprint density at radius 2 is 1.25 bits per heavy atom. The molecule has 0 atom stereocenters. The molecular weight excluding hydrogens is 557 g/mol. The summed E-state index contributed by atoms with van der Waals surface area (Å²) < 4.78 is 5.00. The maximum absolute atomic E-state index is 7.32. The fourth-order valence-electron chi connectivity index (χ4n) is 6.38. The summed E-state index contributed by atoms with van der Waals surface area (Å²) in [5, 5.41) is 6.09. The zero-order chi connectivity index (χ0) is 29.2. The van der Waals surface area contributed by atoms with Gasteiger partial charge in [-0.2, -0.15) is 0 Å². The van der Waals surface area contributed by atoms with Gasteiger partial charge < -0.3 is 4.57 Å². The molecule has 0 saturated carbocycles. The number of benzene rings is 6. The highest BCUT2D eigenvalue weighted by atomic mass is 32.1. The van der Waals surface area contributed by atoms with E-state index < -0.39 is 0 Å². The van der Waals surface area contributed by atoms with Gasteiger partial charge in [0.05, 0.1) is 33.5 Å². The summed E-state index contributed by atoms with van der Waals surface area (Å²) in [6.45, 7) is 7.32. The van der Waals surface area contributed by atoms with Crippen LogP contribution in [0.2, 0.25) is 0 Å². The number of hydrogen-bond acceptors (Lipinski definition) is 3. The van der Waals surface area contributed by atoms with Crippen molar-refractivity contribution < 1.29 is 0 Å². The van der Waals surface area contributed by atoms with E-state index in [0.29, 0.717) is 11.5 Å². The molecule has 204 valence electrons. The molecule has 0 fully saturated rings. The Bertz CT molecular complexity index is 2600. The van der Waals surface area contributed by atoms with Crippen LogP contribution in [0, 0.1) is 6.57 Å². The minimum absolute atomic E-state index is 0.612. The third kappa shape index (κ3) is 3.69. The van der Waals surface area contributed by atoms with Crippen molar-refractivity contribution in [2.24, 2.45) is 0 Å². The van der Waals surface area contributed by atoms with Crippen molar-refractivity contribution >= 4 is 69.9 Å². The zero-order valence-corrected chi connectivity index (χ0v) is 24.2. The van der Waals surface area contributed by atoms with Crippen LogP contribution in [0.4, 0.5) is 5.69 Å². The molecule has 9 rings (SSSR count). The van der Waals surface area contributed by atoms with Crippen LogP contribution >= 0.6 is 11.3 Å². The van der Waals surface area contributed by atoms with Crippen LogP contribution in [-0.2, 0) is 0 Å². The largest absolute Gasteiger partial charge is 0.308 e. The first kappa shape index (κ1) is 24.7. The van der Waals surface area contributed by atoms with E-state index in [1.807, 2.05) is 53.8 Å². The summed E-state index contributed by atoms with van der Waals surface area (Å²) >= 11 is 1.86. The van der Waals surface area contributed by atoms with Crippen LogP contribution in [0.3, 0.4) is 0 Å². The second kappa shape index (κ2) is 9.60. The monoisotopic (exact) mass is 578 g/mol. The number of nitrogens with zero attached hydrogens (tertiary/aromatic N) is 4. The molecule has 0 unspecified atom stereocenters. The Labute approximate surface area is 256 Å². The van der Waals surface area contributed by atoms with Gasteiger partial charge in [-0.05, 0) is 48.0 Å². The van der Waals surface area contributed by atoms with Gasteiger partial charge in [0.2, 0.25) is 0 Å². The maximum atomic E-state index is 7.32. The molecule has 3 heterocycles. The van der Waals surface area contributed by atoms with E-state index in [-0.39, 0.29) is 0 Å². The van der Waals surface area contributed by atoms with Crippen LogP contribution in [-0.4, -0.2) is 14.5 Å². The highest BCUT2D eigenvalue weighted by Gasteiger charge is 2.18. The highest BCUT2D eigenvalue weighted by Crippen LogP contribution is 2.43. The third-order valence-electron chi connectivity index (χ3n) is 8.44. The predicted octanol–water partition coefficient (Wildman–Crippen LogP) is 11.0. The number of fused-ring (bicyclic) bond motifs is 8. The molecule has 0 N–H and O–H groups in total. The predicted molar refractivity (Wildman–Crippen MR) is 184 cm³/mol. The Morgan fingerprint density at radius 3 is 2.07 bits per heavy atom. The summed E-state index contributed by atoms with van der Waals surface area (Å²) in [4.78, 5) is 13.6. The topological polar surface area (TPSA) is 35.1 Å². The van der Waals surface area contributed by atoms with Gasteiger partial charge in [-0.3, -0.25) is 0 Å². The van der Waals surface area contributed by atoms with E-state index in [4.69, 9.17) is 16.5 Å².